The maximum atomic E-state index is 11.2. The van der Waals surface area contributed by atoms with Crippen molar-refractivity contribution in [3.63, 3.8) is 0 Å². The predicted molar refractivity (Wildman–Crippen MR) is 108 cm³/mol. The molecule has 0 aromatic carbocycles. The molecule has 1 N–H and O–H groups in total. The fraction of sp³-hybridized carbons (Fsp3) is 0.882. The first-order valence-corrected chi connectivity index (χ1v) is 8.98. The summed E-state index contributed by atoms with van der Waals surface area (Å²) in [4.78, 5) is 17.7. The van der Waals surface area contributed by atoms with Gasteiger partial charge in [-0.2, -0.15) is 0 Å². The van der Waals surface area contributed by atoms with E-state index in [-0.39, 0.29) is 36.0 Å². The molecule has 7 nitrogen and oxygen atoms in total. The minimum atomic E-state index is -0.213. The van der Waals surface area contributed by atoms with Gasteiger partial charge >= 0.3 is 5.97 Å². The first-order chi connectivity index (χ1) is 11.7. The van der Waals surface area contributed by atoms with E-state index in [9.17, 15) is 4.79 Å². The van der Waals surface area contributed by atoms with Crippen LogP contribution in [0.5, 0.6) is 0 Å². The first kappa shape index (κ1) is 22.4. The second-order valence-electron chi connectivity index (χ2n) is 6.31. The maximum absolute atomic E-state index is 11.2. The van der Waals surface area contributed by atoms with Gasteiger partial charge in [-0.15, -0.1) is 24.0 Å². The van der Waals surface area contributed by atoms with E-state index in [0.717, 1.165) is 51.5 Å². The summed E-state index contributed by atoms with van der Waals surface area (Å²) in [6.45, 7) is 3.95. The fourth-order valence-electron chi connectivity index (χ4n) is 3.13. The number of methoxy groups -OCH3 is 1. The highest BCUT2D eigenvalue weighted by molar-refractivity contribution is 14.0. The minimum Gasteiger partial charge on any atom is -0.469 e. The van der Waals surface area contributed by atoms with Crippen LogP contribution >= 0.6 is 24.0 Å². The van der Waals surface area contributed by atoms with Gasteiger partial charge in [0.1, 0.15) is 0 Å². The van der Waals surface area contributed by atoms with E-state index in [4.69, 9.17) is 9.47 Å². The molecule has 0 spiro atoms. The topological polar surface area (TPSA) is 72.4 Å². The first-order valence-electron chi connectivity index (χ1n) is 8.98. The van der Waals surface area contributed by atoms with Crippen molar-refractivity contribution in [3.8, 4) is 0 Å². The van der Waals surface area contributed by atoms with Crippen LogP contribution in [-0.2, 0) is 19.0 Å². The normalized spacial score (nSPS) is 22.2. The van der Waals surface area contributed by atoms with Crippen LogP contribution in [0, 0.1) is 0 Å². The number of piperidine rings is 1. The van der Waals surface area contributed by atoms with Gasteiger partial charge in [-0.25, -0.2) is 0 Å². The molecule has 0 amide bonds. The maximum Gasteiger partial charge on any atom is 0.307 e. The highest BCUT2D eigenvalue weighted by Gasteiger charge is 2.23. The molecule has 2 fully saturated rings. The molecule has 0 saturated carbocycles. The zero-order chi connectivity index (χ0) is 17.2. The number of halogens is 1. The number of carbonyl (C=O) groups is 1. The van der Waals surface area contributed by atoms with E-state index in [1.807, 2.05) is 0 Å². The lowest BCUT2D eigenvalue weighted by Crippen LogP contribution is -2.47. The predicted octanol–water partition coefficient (Wildman–Crippen LogP) is 1.79. The van der Waals surface area contributed by atoms with Crippen molar-refractivity contribution in [1.82, 2.24) is 10.2 Å². The van der Waals surface area contributed by atoms with Crippen molar-refractivity contribution < 1.29 is 19.0 Å². The molecular formula is C17H32IN3O4. The molecule has 25 heavy (non-hydrogen) atoms. The van der Waals surface area contributed by atoms with Crippen LogP contribution < -0.4 is 5.32 Å². The number of nitrogens with one attached hydrogen (secondary N) is 1. The summed E-state index contributed by atoms with van der Waals surface area (Å²) in [5.74, 6) is 0.628. The molecular weight excluding hydrogens is 437 g/mol. The van der Waals surface area contributed by atoms with Crippen molar-refractivity contribution in [2.75, 3.05) is 47.0 Å². The molecule has 0 aromatic rings. The molecule has 2 rings (SSSR count). The summed E-state index contributed by atoms with van der Waals surface area (Å²) in [5.41, 5.74) is 0. The van der Waals surface area contributed by atoms with E-state index in [2.05, 4.69) is 19.9 Å². The van der Waals surface area contributed by atoms with Gasteiger partial charge < -0.3 is 24.4 Å². The van der Waals surface area contributed by atoms with Gasteiger partial charge in [0.15, 0.2) is 5.96 Å². The molecule has 2 aliphatic heterocycles. The average molecular weight is 469 g/mol. The van der Waals surface area contributed by atoms with Gasteiger partial charge in [-0.1, -0.05) is 0 Å². The summed E-state index contributed by atoms with van der Waals surface area (Å²) in [5, 5.41) is 3.22. The third-order valence-corrected chi connectivity index (χ3v) is 4.59. The summed E-state index contributed by atoms with van der Waals surface area (Å²) in [7, 11) is 3.17. The average Bonchev–Trinajstić information content (AvgIpc) is 2.65. The Kier molecular flexibility index (Phi) is 11.4. The largest absolute Gasteiger partial charge is 0.469 e. The van der Waals surface area contributed by atoms with E-state index >= 15 is 0 Å². The molecule has 1 atom stereocenters. The lowest BCUT2D eigenvalue weighted by atomic mass is 10.1. The lowest BCUT2D eigenvalue weighted by molar-refractivity contribution is -0.140. The van der Waals surface area contributed by atoms with E-state index in [1.54, 1.807) is 7.05 Å². The van der Waals surface area contributed by atoms with Crippen LogP contribution in [0.25, 0.3) is 0 Å². The van der Waals surface area contributed by atoms with Crippen molar-refractivity contribution in [1.29, 1.82) is 0 Å². The minimum absolute atomic E-state index is 0. The van der Waals surface area contributed by atoms with Crippen LogP contribution in [0.1, 0.15) is 38.5 Å². The highest BCUT2D eigenvalue weighted by atomic mass is 127. The zero-order valence-electron chi connectivity index (χ0n) is 15.4. The third-order valence-electron chi connectivity index (χ3n) is 4.59. The molecule has 2 aliphatic rings. The highest BCUT2D eigenvalue weighted by Crippen LogP contribution is 2.17. The van der Waals surface area contributed by atoms with Crippen molar-refractivity contribution >= 4 is 35.9 Å². The summed E-state index contributed by atoms with van der Waals surface area (Å²) in [6, 6.07) is 0. The Morgan fingerprint density at radius 2 is 2.04 bits per heavy atom. The van der Waals surface area contributed by atoms with Crippen molar-refractivity contribution in [2.24, 2.45) is 4.99 Å². The second-order valence-corrected chi connectivity index (χ2v) is 6.31. The summed E-state index contributed by atoms with van der Waals surface area (Å²) >= 11 is 0. The molecule has 146 valence electrons. The van der Waals surface area contributed by atoms with Gasteiger partial charge in [0.05, 0.1) is 32.3 Å². The van der Waals surface area contributed by atoms with Crippen LogP contribution in [0.2, 0.25) is 0 Å². The molecule has 2 heterocycles. The number of esters is 1. The molecule has 1 unspecified atom stereocenters. The van der Waals surface area contributed by atoms with Crippen LogP contribution in [0.3, 0.4) is 0 Å². The Hall–Kier alpha value is -0.610. The van der Waals surface area contributed by atoms with Crippen molar-refractivity contribution in [2.45, 2.75) is 50.7 Å². The van der Waals surface area contributed by atoms with Gasteiger partial charge in [-0.3, -0.25) is 9.79 Å². The van der Waals surface area contributed by atoms with E-state index in [1.165, 1.54) is 20.0 Å². The fourth-order valence-corrected chi connectivity index (χ4v) is 3.13. The third kappa shape index (κ3) is 8.08. The molecule has 0 aromatic heterocycles. The number of rotatable bonds is 6. The van der Waals surface area contributed by atoms with Crippen LogP contribution in [0.4, 0.5) is 0 Å². The van der Waals surface area contributed by atoms with Gasteiger partial charge in [0.2, 0.25) is 0 Å². The van der Waals surface area contributed by atoms with Crippen LogP contribution in [-0.4, -0.2) is 76.0 Å². The number of aliphatic imine (C=N–C) groups is 1. The SMILES string of the molecule is CN=C(NCCC(=O)OC)N1CCC(OCC2CCCCO2)CC1.I. The second kappa shape index (κ2) is 12.7. The summed E-state index contributed by atoms with van der Waals surface area (Å²) in [6.07, 6.45) is 6.46. The Morgan fingerprint density at radius 3 is 2.64 bits per heavy atom. The molecule has 0 aliphatic carbocycles. The summed E-state index contributed by atoms with van der Waals surface area (Å²) < 4.78 is 16.4. The molecule has 0 radical (unpaired) electrons. The molecule has 8 heteroatoms. The number of hydrogen-bond donors (Lipinski definition) is 1. The quantitative estimate of drug-likeness (QED) is 0.277. The monoisotopic (exact) mass is 469 g/mol. The van der Waals surface area contributed by atoms with Gasteiger partial charge in [0, 0.05) is 33.3 Å². The van der Waals surface area contributed by atoms with E-state index in [0.29, 0.717) is 19.1 Å². The molecule has 0 bridgehead atoms. The van der Waals surface area contributed by atoms with Gasteiger partial charge in [-0.05, 0) is 32.1 Å². The number of guanidine groups is 1. The number of ether oxygens (including phenoxy) is 3. The Morgan fingerprint density at radius 1 is 1.28 bits per heavy atom. The molecule has 2 saturated heterocycles. The number of likely N-dealkylation sites (tertiary alicyclic amines) is 1. The Balaban J connectivity index is 0.00000312. The number of carbonyl (C=O) groups excluding carboxylic acids is 1. The number of nitrogens with zero attached hydrogens (tertiary/aromatic N) is 2. The smallest absolute Gasteiger partial charge is 0.307 e. The zero-order valence-corrected chi connectivity index (χ0v) is 17.7. The van der Waals surface area contributed by atoms with Gasteiger partial charge in [0.25, 0.3) is 0 Å². The van der Waals surface area contributed by atoms with E-state index < -0.39 is 0 Å². The van der Waals surface area contributed by atoms with Crippen molar-refractivity contribution in [3.05, 3.63) is 0 Å². The number of hydrogen-bond acceptors (Lipinski definition) is 5. The lowest BCUT2D eigenvalue weighted by Gasteiger charge is -2.35. The Labute approximate surface area is 167 Å². The Bertz CT molecular complexity index is 409. The standard InChI is InChI=1S/C17H31N3O4.HI/c1-18-17(19-9-6-16(21)22-2)20-10-7-14(8-11-20)24-13-15-5-3-4-12-23-15;/h14-15H,3-13H2,1-2H3,(H,18,19);1H. The van der Waals surface area contributed by atoms with Crippen LogP contribution in [0.15, 0.2) is 4.99 Å².